The summed E-state index contributed by atoms with van der Waals surface area (Å²) >= 11 is 0. The molecule has 0 amide bonds. The maximum absolute atomic E-state index is 10.5. The molecule has 160 valence electrons. The Hall–Kier alpha value is -1.31. The van der Waals surface area contributed by atoms with Crippen LogP contribution in [0.3, 0.4) is 0 Å². The molecule has 0 heterocycles. The molecule has 0 aliphatic heterocycles. The molecule has 0 N–H and O–H groups in total. The highest BCUT2D eigenvalue weighted by molar-refractivity contribution is 5.38. The van der Waals surface area contributed by atoms with Gasteiger partial charge in [-0.25, -0.2) is 0 Å². The van der Waals surface area contributed by atoms with E-state index in [1.165, 1.54) is 61.6 Å². The van der Waals surface area contributed by atoms with Gasteiger partial charge in [0.1, 0.15) is 5.60 Å². The van der Waals surface area contributed by atoms with Crippen LogP contribution in [0, 0.1) is 19.3 Å². The number of benzene rings is 1. The molecule has 0 unspecified atom stereocenters. The smallest absolute Gasteiger partial charge is 0.293 e. The van der Waals surface area contributed by atoms with Crippen molar-refractivity contribution in [1.29, 1.82) is 0 Å². The van der Waals surface area contributed by atoms with E-state index in [1.54, 1.807) is 5.56 Å². The van der Waals surface area contributed by atoms with E-state index in [4.69, 9.17) is 4.74 Å². The van der Waals surface area contributed by atoms with E-state index in [9.17, 15) is 4.79 Å². The van der Waals surface area contributed by atoms with Gasteiger partial charge in [0.15, 0.2) is 0 Å². The maximum Gasteiger partial charge on any atom is 0.293 e. The van der Waals surface area contributed by atoms with Crippen LogP contribution in [0.4, 0.5) is 0 Å². The van der Waals surface area contributed by atoms with Gasteiger partial charge in [0, 0.05) is 0 Å². The summed E-state index contributed by atoms with van der Waals surface area (Å²) in [6, 6.07) is 4.76. The lowest BCUT2D eigenvalue weighted by Crippen LogP contribution is -2.23. The van der Waals surface area contributed by atoms with Crippen molar-refractivity contribution in [3.63, 3.8) is 0 Å². The highest BCUT2D eigenvalue weighted by Crippen LogP contribution is 2.25. The number of hydrogen-bond acceptors (Lipinski definition) is 2. The molecule has 0 radical (unpaired) electrons. The van der Waals surface area contributed by atoms with Crippen molar-refractivity contribution in [3.8, 4) is 0 Å². The summed E-state index contributed by atoms with van der Waals surface area (Å²) in [5.74, 6) is 0. The lowest BCUT2D eigenvalue weighted by molar-refractivity contribution is -0.140. The largest absolute Gasteiger partial charge is 0.462 e. The fraction of sp³-hybridized carbons (Fsp3) is 0.731. The van der Waals surface area contributed by atoms with Crippen LogP contribution in [0.5, 0.6) is 0 Å². The Morgan fingerprint density at radius 1 is 0.786 bits per heavy atom. The van der Waals surface area contributed by atoms with Crippen molar-refractivity contribution in [2.45, 2.75) is 118 Å². The van der Waals surface area contributed by atoms with Gasteiger partial charge in [0.2, 0.25) is 0 Å². The molecule has 2 nitrogen and oxygen atoms in total. The summed E-state index contributed by atoms with van der Waals surface area (Å²) in [7, 11) is 0. The number of carbonyl (C=O) groups is 1. The minimum absolute atomic E-state index is 0.332. The topological polar surface area (TPSA) is 26.3 Å². The minimum atomic E-state index is -0.332. The molecule has 0 saturated heterocycles. The summed E-state index contributed by atoms with van der Waals surface area (Å²) < 4.78 is 5.14. The SMILES string of the molecule is Cc1cc(CCCCCC(C)(C)C)c(C)c(CCCCCC(C)(C)OC=O)c1. The van der Waals surface area contributed by atoms with E-state index in [2.05, 4.69) is 46.8 Å². The molecule has 1 rings (SSSR count). The van der Waals surface area contributed by atoms with Gasteiger partial charge in [-0.05, 0) is 94.7 Å². The van der Waals surface area contributed by atoms with E-state index in [0.717, 1.165) is 19.3 Å². The molecule has 2 heteroatoms. The van der Waals surface area contributed by atoms with Crippen molar-refractivity contribution >= 4 is 6.47 Å². The summed E-state index contributed by atoms with van der Waals surface area (Å²) in [6.45, 7) is 16.1. The van der Waals surface area contributed by atoms with Crippen molar-refractivity contribution in [3.05, 3.63) is 34.4 Å². The number of carbonyl (C=O) groups excluding carboxylic acids is 1. The monoisotopic (exact) mass is 388 g/mol. The molecule has 0 aromatic heterocycles. The fourth-order valence-electron chi connectivity index (χ4n) is 3.91. The molecule has 0 fully saturated rings. The maximum atomic E-state index is 10.5. The second-order valence-electron chi connectivity index (χ2n) is 10.4. The second-order valence-corrected chi connectivity index (χ2v) is 10.4. The Kier molecular flexibility index (Phi) is 10.3. The standard InChI is InChI=1S/C26H44O2/c1-21-18-23(14-10-8-12-16-25(3,4)5)22(2)24(19-21)15-11-9-13-17-26(6,7)28-20-27/h18-20H,8-17H2,1-7H3. The summed E-state index contributed by atoms with van der Waals surface area (Å²) in [6.07, 6.45) is 12.1. The number of ether oxygens (including phenoxy) is 1. The zero-order chi connectivity index (χ0) is 21.2. The lowest BCUT2D eigenvalue weighted by Gasteiger charge is -2.22. The number of unbranched alkanes of at least 4 members (excludes halogenated alkanes) is 4. The van der Waals surface area contributed by atoms with E-state index in [1.807, 2.05) is 13.8 Å². The zero-order valence-corrected chi connectivity index (χ0v) is 19.6. The molecule has 1 aromatic carbocycles. The quantitative estimate of drug-likeness (QED) is 0.258. The van der Waals surface area contributed by atoms with Gasteiger partial charge in [-0.1, -0.05) is 57.7 Å². The predicted octanol–water partition coefficient (Wildman–Crippen LogP) is 7.51. The van der Waals surface area contributed by atoms with E-state index in [-0.39, 0.29) is 5.60 Å². The molecular weight excluding hydrogens is 344 g/mol. The van der Waals surface area contributed by atoms with Crippen LogP contribution in [-0.4, -0.2) is 12.1 Å². The van der Waals surface area contributed by atoms with Crippen LogP contribution in [0.2, 0.25) is 0 Å². The Bertz CT molecular complexity index is 593. The Balaban J connectivity index is 2.45. The first-order valence-electron chi connectivity index (χ1n) is 11.2. The van der Waals surface area contributed by atoms with Crippen LogP contribution in [0.15, 0.2) is 12.1 Å². The van der Waals surface area contributed by atoms with Gasteiger partial charge in [0.05, 0.1) is 0 Å². The van der Waals surface area contributed by atoms with Crippen LogP contribution in [0.1, 0.15) is 108 Å². The molecule has 0 aliphatic rings. The third-order valence-corrected chi connectivity index (χ3v) is 5.73. The number of hydrogen-bond donors (Lipinski definition) is 0. The van der Waals surface area contributed by atoms with E-state index >= 15 is 0 Å². The highest BCUT2D eigenvalue weighted by atomic mass is 16.5. The van der Waals surface area contributed by atoms with Crippen LogP contribution in [-0.2, 0) is 22.4 Å². The third kappa shape index (κ3) is 10.3. The lowest BCUT2D eigenvalue weighted by atomic mass is 9.88. The van der Waals surface area contributed by atoms with Crippen LogP contribution < -0.4 is 0 Å². The normalized spacial score (nSPS) is 12.2. The van der Waals surface area contributed by atoms with Gasteiger partial charge in [-0.2, -0.15) is 0 Å². The molecule has 0 spiro atoms. The third-order valence-electron chi connectivity index (χ3n) is 5.73. The number of aryl methyl sites for hydroxylation is 3. The first kappa shape index (κ1) is 24.7. The van der Waals surface area contributed by atoms with Crippen molar-refractivity contribution in [2.75, 3.05) is 0 Å². The first-order valence-corrected chi connectivity index (χ1v) is 11.2. The van der Waals surface area contributed by atoms with E-state index < -0.39 is 0 Å². The minimum Gasteiger partial charge on any atom is -0.462 e. The molecule has 0 aliphatic carbocycles. The summed E-state index contributed by atoms with van der Waals surface area (Å²) in [4.78, 5) is 10.5. The van der Waals surface area contributed by atoms with Crippen molar-refractivity contribution in [2.24, 2.45) is 5.41 Å². The van der Waals surface area contributed by atoms with Crippen LogP contribution in [0.25, 0.3) is 0 Å². The Morgan fingerprint density at radius 2 is 1.29 bits per heavy atom. The molecule has 0 atom stereocenters. The fourth-order valence-corrected chi connectivity index (χ4v) is 3.91. The van der Waals surface area contributed by atoms with Gasteiger partial charge in [0.25, 0.3) is 6.47 Å². The van der Waals surface area contributed by atoms with Crippen molar-refractivity contribution in [1.82, 2.24) is 0 Å². The molecule has 0 bridgehead atoms. The highest BCUT2D eigenvalue weighted by Gasteiger charge is 2.17. The average Bonchev–Trinajstić information content (AvgIpc) is 2.56. The van der Waals surface area contributed by atoms with E-state index in [0.29, 0.717) is 11.9 Å². The molecule has 1 aromatic rings. The zero-order valence-electron chi connectivity index (χ0n) is 19.6. The number of rotatable bonds is 13. The summed E-state index contributed by atoms with van der Waals surface area (Å²) in [5.41, 5.74) is 6.10. The van der Waals surface area contributed by atoms with Gasteiger partial charge >= 0.3 is 0 Å². The molecule has 28 heavy (non-hydrogen) atoms. The van der Waals surface area contributed by atoms with Crippen LogP contribution >= 0.6 is 0 Å². The van der Waals surface area contributed by atoms with Gasteiger partial charge < -0.3 is 4.74 Å². The predicted molar refractivity (Wildman–Crippen MR) is 121 cm³/mol. The first-order chi connectivity index (χ1) is 13.0. The average molecular weight is 389 g/mol. The van der Waals surface area contributed by atoms with Crippen molar-refractivity contribution < 1.29 is 9.53 Å². The molecular formula is C26H44O2. The molecule has 0 saturated carbocycles. The second kappa shape index (κ2) is 11.6. The summed E-state index contributed by atoms with van der Waals surface area (Å²) in [5, 5.41) is 0. The Labute approximate surface area is 174 Å². The van der Waals surface area contributed by atoms with Gasteiger partial charge in [-0.15, -0.1) is 0 Å². The van der Waals surface area contributed by atoms with Gasteiger partial charge in [-0.3, -0.25) is 4.79 Å². The Morgan fingerprint density at radius 3 is 1.75 bits per heavy atom.